The molecule has 0 aromatic heterocycles. The van der Waals surface area contributed by atoms with Crippen LogP contribution in [-0.4, -0.2) is 35.7 Å². The van der Waals surface area contributed by atoms with Crippen molar-refractivity contribution in [1.29, 1.82) is 0 Å². The van der Waals surface area contributed by atoms with Crippen LogP contribution in [0.1, 0.15) is 54.9 Å². The fourth-order valence-corrected chi connectivity index (χ4v) is 3.18. The summed E-state index contributed by atoms with van der Waals surface area (Å²) < 4.78 is 5.12. The van der Waals surface area contributed by atoms with Gasteiger partial charge in [-0.15, -0.1) is 0 Å². The normalized spacial score (nSPS) is 19.4. The van der Waals surface area contributed by atoms with E-state index in [4.69, 9.17) is 4.74 Å². The van der Waals surface area contributed by atoms with E-state index in [2.05, 4.69) is 11.8 Å². The number of hydrogen-bond acceptors (Lipinski definition) is 3. The number of nitrogens with zero attached hydrogens (tertiary/aromatic N) is 1. The van der Waals surface area contributed by atoms with Crippen molar-refractivity contribution in [3.05, 3.63) is 29.3 Å². The van der Waals surface area contributed by atoms with Crippen LogP contribution in [0.5, 0.6) is 5.75 Å². The summed E-state index contributed by atoms with van der Waals surface area (Å²) in [5.41, 5.74) is 1.30. The third-order valence-electron chi connectivity index (χ3n) is 4.25. The van der Waals surface area contributed by atoms with Crippen molar-refractivity contribution in [3.8, 4) is 5.75 Å². The molecule has 1 saturated heterocycles. The molecule has 1 unspecified atom stereocenters. The summed E-state index contributed by atoms with van der Waals surface area (Å²) in [5.74, 6) is -0.507. The number of carbonyl (C=O) groups is 1. The maximum atomic E-state index is 11.3. The van der Waals surface area contributed by atoms with Gasteiger partial charge < -0.3 is 9.84 Å². The second-order valence-electron chi connectivity index (χ2n) is 5.75. The van der Waals surface area contributed by atoms with Crippen molar-refractivity contribution in [3.63, 3.8) is 0 Å². The van der Waals surface area contributed by atoms with E-state index in [1.165, 1.54) is 39.2 Å². The van der Waals surface area contributed by atoms with E-state index in [-0.39, 0.29) is 5.56 Å². The zero-order chi connectivity index (χ0) is 15.2. The molecule has 0 radical (unpaired) electrons. The van der Waals surface area contributed by atoms with Gasteiger partial charge in [0.1, 0.15) is 11.3 Å². The molecule has 1 heterocycles. The average molecular weight is 291 g/mol. The molecule has 1 aromatic rings. The fraction of sp³-hybridized carbons (Fsp3) is 0.588. The quantitative estimate of drug-likeness (QED) is 0.871. The minimum absolute atomic E-state index is 0.249. The summed E-state index contributed by atoms with van der Waals surface area (Å²) in [6.07, 6.45) is 6.23. The Morgan fingerprint density at radius 1 is 1.43 bits per heavy atom. The third kappa shape index (κ3) is 3.97. The van der Waals surface area contributed by atoms with Crippen LogP contribution >= 0.6 is 0 Å². The van der Waals surface area contributed by atoms with Crippen LogP contribution in [0, 0.1) is 0 Å². The zero-order valence-corrected chi connectivity index (χ0v) is 13.0. The summed E-state index contributed by atoms with van der Waals surface area (Å²) >= 11 is 0. The van der Waals surface area contributed by atoms with Gasteiger partial charge in [-0.25, -0.2) is 4.79 Å². The summed E-state index contributed by atoms with van der Waals surface area (Å²) in [7, 11) is 1.50. The number of hydrogen-bond donors (Lipinski definition) is 1. The molecule has 2 rings (SSSR count). The molecule has 1 fully saturated rings. The van der Waals surface area contributed by atoms with Gasteiger partial charge in [0.05, 0.1) is 7.11 Å². The van der Waals surface area contributed by atoms with Crippen molar-refractivity contribution >= 4 is 5.97 Å². The summed E-state index contributed by atoms with van der Waals surface area (Å²) in [6, 6.07) is 6.12. The van der Waals surface area contributed by atoms with Crippen molar-refractivity contribution in [2.45, 2.75) is 51.6 Å². The first-order valence-electron chi connectivity index (χ1n) is 7.80. The Labute approximate surface area is 126 Å². The Kier molecular flexibility index (Phi) is 5.62. The van der Waals surface area contributed by atoms with Gasteiger partial charge >= 0.3 is 5.97 Å². The lowest BCUT2D eigenvalue weighted by atomic mass is 9.97. The number of rotatable bonds is 6. The zero-order valence-electron chi connectivity index (χ0n) is 13.0. The van der Waals surface area contributed by atoms with Crippen molar-refractivity contribution in [2.75, 3.05) is 13.7 Å². The molecule has 1 aromatic carbocycles. The average Bonchev–Trinajstić information content (AvgIpc) is 2.49. The highest BCUT2D eigenvalue weighted by Crippen LogP contribution is 2.25. The maximum absolute atomic E-state index is 11.3. The molecule has 1 N–H and O–H groups in total. The number of ether oxygens (including phenoxy) is 1. The number of carboxylic acid groups (broad SMARTS) is 1. The van der Waals surface area contributed by atoms with Crippen LogP contribution in [0.25, 0.3) is 0 Å². The molecule has 116 valence electrons. The molecule has 4 nitrogen and oxygen atoms in total. The molecule has 1 atom stereocenters. The highest BCUT2D eigenvalue weighted by molar-refractivity contribution is 5.91. The first kappa shape index (κ1) is 15.8. The van der Waals surface area contributed by atoms with Crippen LogP contribution in [0.15, 0.2) is 18.2 Å². The second kappa shape index (κ2) is 7.46. The molecule has 0 saturated carbocycles. The van der Waals surface area contributed by atoms with Crippen molar-refractivity contribution in [1.82, 2.24) is 4.90 Å². The lowest BCUT2D eigenvalue weighted by Crippen LogP contribution is -2.38. The van der Waals surface area contributed by atoms with Crippen LogP contribution in [0.3, 0.4) is 0 Å². The molecule has 0 bridgehead atoms. The Morgan fingerprint density at radius 2 is 2.24 bits per heavy atom. The molecule has 0 aliphatic carbocycles. The molecular formula is C17H25NO3. The molecular weight excluding hydrogens is 266 g/mol. The van der Waals surface area contributed by atoms with Gasteiger partial charge in [0.25, 0.3) is 0 Å². The van der Waals surface area contributed by atoms with Gasteiger partial charge in [-0.05, 0) is 43.5 Å². The number of methoxy groups -OCH3 is 1. The Hall–Kier alpha value is -1.55. The summed E-state index contributed by atoms with van der Waals surface area (Å²) in [6.45, 7) is 4.16. The van der Waals surface area contributed by atoms with Gasteiger partial charge in [0, 0.05) is 12.6 Å². The smallest absolute Gasteiger partial charge is 0.339 e. The second-order valence-corrected chi connectivity index (χ2v) is 5.75. The highest BCUT2D eigenvalue weighted by Gasteiger charge is 2.22. The van der Waals surface area contributed by atoms with Gasteiger partial charge in [0.15, 0.2) is 0 Å². The number of piperidine rings is 1. The van der Waals surface area contributed by atoms with Gasteiger partial charge in [-0.1, -0.05) is 25.8 Å². The molecule has 0 spiro atoms. The fourth-order valence-electron chi connectivity index (χ4n) is 3.18. The molecule has 4 heteroatoms. The van der Waals surface area contributed by atoms with Crippen LogP contribution < -0.4 is 4.74 Å². The molecule has 1 aliphatic heterocycles. The van der Waals surface area contributed by atoms with E-state index >= 15 is 0 Å². The molecule has 21 heavy (non-hydrogen) atoms. The first-order chi connectivity index (χ1) is 10.2. The SMILES string of the molecule is CCCC1CCCCN1Cc1ccc(OC)c(C(=O)O)c1. The monoisotopic (exact) mass is 291 g/mol. The lowest BCUT2D eigenvalue weighted by molar-refractivity contribution is 0.0693. The van der Waals surface area contributed by atoms with Gasteiger partial charge in [0.2, 0.25) is 0 Å². The van der Waals surface area contributed by atoms with E-state index in [0.717, 1.165) is 18.7 Å². The highest BCUT2D eigenvalue weighted by atomic mass is 16.5. The number of benzene rings is 1. The Morgan fingerprint density at radius 3 is 2.90 bits per heavy atom. The number of likely N-dealkylation sites (tertiary alicyclic amines) is 1. The Bertz CT molecular complexity index is 485. The largest absolute Gasteiger partial charge is 0.496 e. The van der Waals surface area contributed by atoms with Gasteiger partial charge in [-0.3, -0.25) is 4.90 Å². The van der Waals surface area contributed by atoms with E-state index in [9.17, 15) is 9.90 Å². The topological polar surface area (TPSA) is 49.8 Å². The predicted octanol–water partition coefficient (Wildman–Crippen LogP) is 3.55. The first-order valence-corrected chi connectivity index (χ1v) is 7.80. The van der Waals surface area contributed by atoms with Crippen molar-refractivity contribution in [2.24, 2.45) is 0 Å². The Balaban J connectivity index is 2.14. The minimum Gasteiger partial charge on any atom is -0.496 e. The van der Waals surface area contributed by atoms with E-state index in [1.54, 1.807) is 12.1 Å². The maximum Gasteiger partial charge on any atom is 0.339 e. The van der Waals surface area contributed by atoms with Crippen molar-refractivity contribution < 1.29 is 14.6 Å². The predicted molar refractivity (Wildman–Crippen MR) is 82.9 cm³/mol. The summed E-state index contributed by atoms with van der Waals surface area (Å²) in [4.78, 5) is 13.8. The van der Waals surface area contributed by atoms with E-state index in [1.807, 2.05) is 6.07 Å². The summed E-state index contributed by atoms with van der Waals surface area (Å²) in [5, 5.41) is 9.27. The van der Waals surface area contributed by atoms with E-state index < -0.39 is 5.97 Å². The molecule has 0 amide bonds. The van der Waals surface area contributed by atoms with E-state index in [0.29, 0.717) is 11.8 Å². The van der Waals surface area contributed by atoms with Crippen LogP contribution in [0.4, 0.5) is 0 Å². The van der Waals surface area contributed by atoms with Gasteiger partial charge in [-0.2, -0.15) is 0 Å². The third-order valence-corrected chi connectivity index (χ3v) is 4.25. The number of aromatic carboxylic acids is 1. The lowest BCUT2D eigenvalue weighted by Gasteiger charge is -2.35. The molecule has 1 aliphatic rings. The van der Waals surface area contributed by atoms with Crippen LogP contribution in [-0.2, 0) is 6.54 Å². The number of carboxylic acids is 1. The standard InChI is InChI=1S/C17H25NO3/c1-3-6-14-7-4-5-10-18(14)12-13-8-9-16(21-2)15(11-13)17(19)20/h8-9,11,14H,3-7,10,12H2,1-2H3,(H,19,20). The minimum atomic E-state index is -0.933. The van der Waals surface area contributed by atoms with Crippen LogP contribution in [0.2, 0.25) is 0 Å².